The molecule has 142 valence electrons. The minimum absolute atomic E-state index is 0.173. The number of ether oxygens (including phenoxy) is 1. The van der Waals surface area contributed by atoms with Crippen LogP contribution in [0.1, 0.15) is 51.3 Å². The lowest BCUT2D eigenvalue weighted by Crippen LogP contribution is -2.43. The molecule has 3 atom stereocenters. The van der Waals surface area contributed by atoms with Gasteiger partial charge in [0.05, 0.1) is 11.7 Å². The van der Waals surface area contributed by atoms with Crippen molar-refractivity contribution >= 4 is 22.5 Å². The van der Waals surface area contributed by atoms with Crippen LogP contribution in [0, 0.1) is 24.2 Å². The number of hydrogen-bond acceptors (Lipinski definition) is 8. The quantitative estimate of drug-likeness (QED) is 0.532. The van der Waals surface area contributed by atoms with E-state index >= 15 is 0 Å². The minimum Gasteiger partial charge on any atom is -0.465 e. The van der Waals surface area contributed by atoms with Crippen LogP contribution in [-0.2, 0) is 9.53 Å². The Hall–Kier alpha value is -1.85. The number of azo groups is 1. The van der Waals surface area contributed by atoms with E-state index in [9.17, 15) is 10.1 Å². The summed E-state index contributed by atoms with van der Waals surface area (Å²) in [6.45, 7) is 9.76. The first kappa shape index (κ1) is 20.5. The number of aryl methyl sites for hydroxylation is 1. The molecule has 1 saturated carbocycles. The van der Waals surface area contributed by atoms with E-state index in [-0.39, 0.29) is 12.0 Å². The maximum atomic E-state index is 10.9. The van der Waals surface area contributed by atoms with E-state index in [1.54, 1.807) is 0 Å². The van der Waals surface area contributed by atoms with Crippen molar-refractivity contribution in [3.63, 3.8) is 0 Å². The Morgan fingerprint density at radius 3 is 2.88 bits per heavy atom. The Labute approximate surface area is 159 Å². The van der Waals surface area contributed by atoms with Crippen molar-refractivity contribution in [1.82, 2.24) is 9.27 Å². The van der Waals surface area contributed by atoms with Crippen molar-refractivity contribution in [2.24, 2.45) is 16.1 Å². The fourth-order valence-corrected chi connectivity index (χ4v) is 4.12. The number of nitriles is 1. The van der Waals surface area contributed by atoms with E-state index in [1.807, 2.05) is 6.92 Å². The van der Waals surface area contributed by atoms with Gasteiger partial charge in [-0.25, -0.2) is 0 Å². The summed E-state index contributed by atoms with van der Waals surface area (Å²) in [6.07, 6.45) is 3.07. The van der Waals surface area contributed by atoms with Gasteiger partial charge in [-0.15, -0.1) is 5.11 Å². The van der Waals surface area contributed by atoms with Crippen LogP contribution in [0.4, 0.5) is 5.00 Å². The minimum atomic E-state index is -0.228. The summed E-state index contributed by atoms with van der Waals surface area (Å²) in [5.41, 5.74) is 1.25. The Bertz CT molecular complexity index is 682. The van der Waals surface area contributed by atoms with Gasteiger partial charge in [-0.1, -0.05) is 13.8 Å². The lowest BCUT2D eigenvalue weighted by molar-refractivity contribution is -0.141. The number of likely N-dealkylation sites (N-methyl/N-ethyl adjacent to an activating group) is 1. The van der Waals surface area contributed by atoms with Crippen LogP contribution >= 0.6 is 11.5 Å². The van der Waals surface area contributed by atoms with Crippen molar-refractivity contribution in [2.75, 3.05) is 19.7 Å². The number of nitrogens with zero attached hydrogens (tertiary/aromatic N) is 5. The first-order valence-electron chi connectivity index (χ1n) is 9.10. The summed E-state index contributed by atoms with van der Waals surface area (Å²) >= 11 is 1.23. The number of carbonyl (C=O) groups excluding carboxylic acids is 1. The molecule has 0 saturated heterocycles. The second-order valence-electron chi connectivity index (χ2n) is 6.76. The molecule has 1 fully saturated rings. The largest absolute Gasteiger partial charge is 0.465 e. The molecule has 0 radical (unpaired) electrons. The molecule has 1 aliphatic rings. The number of carbonyl (C=O) groups is 1. The molecular weight excluding hydrogens is 350 g/mol. The average molecular weight is 378 g/mol. The highest BCUT2D eigenvalue weighted by Gasteiger charge is 2.30. The van der Waals surface area contributed by atoms with Gasteiger partial charge in [0.25, 0.3) is 0 Å². The van der Waals surface area contributed by atoms with Crippen molar-refractivity contribution in [1.29, 1.82) is 5.26 Å². The summed E-state index contributed by atoms with van der Waals surface area (Å²) in [6, 6.07) is 2.81. The predicted molar refractivity (Wildman–Crippen MR) is 101 cm³/mol. The second-order valence-corrected chi connectivity index (χ2v) is 7.51. The van der Waals surface area contributed by atoms with Crippen LogP contribution in [0.3, 0.4) is 0 Å². The Balaban J connectivity index is 1.91. The van der Waals surface area contributed by atoms with Crippen molar-refractivity contribution in [3.8, 4) is 6.07 Å². The second kappa shape index (κ2) is 9.74. The molecule has 0 bridgehead atoms. The van der Waals surface area contributed by atoms with E-state index in [2.05, 4.69) is 39.4 Å². The van der Waals surface area contributed by atoms with Gasteiger partial charge < -0.3 is 4.74 Å². The van der Waals surface area contributed by atoms with Gasteiger partial charge in [0, 0.05) is 19.5 Å². The summed E-state index contributed by atoms with van der Waals surface area (Å²) in [5, 5.41) is 18.6. The topological polar surface area (TPSA) is 90.9 Å². The number of rotatable bonds is 7. The van der Waals surface area contributed by atoms with Crippen LogP contribution in [0.2, 0.25) is 0 Å². The zero-order valence-electron chi connectivity index (χ0n) is 15.9. The first-order valence-corrected chi connectivity index (χ1v) is 9.88. The molecule has 0 amide bonds. The molecule has 0 aromatic carbocycles. The maximum absolute atomic E-state index is 10.9. The van der Waals surface area contributed by atoms with Gasteiger partial charge in [0.1, 0.15) is 18.2 Å². The average Bonchev–Trinajstić information content (AvgIpc) is 2.97. The molecule has 1 aromatic heterocycles. The molecule has 1 aromatic rings. The third kappa shape index (κ3) is 5.32. The fourth-order valence-electron chi connectivity index (χ4n) is 3.44. The summed E-state index contributed by atoms with van der Waals surface area (Å²) < 4.78 is 9.26. The van der Waals surface area contributed by atoms with Crippen molar-refractivity contribution in [3.05, 3.63) is 11.3 Å². The standard InChI is InChI=1S/C18H27N5O2S/c1-5-23(8-9-25-14(4)24)15-6-7-17(12(2)10-15)20-21-18-16(11-19)13(3)22-26-18/h12,15,17H,5-10H2,1-4H3. The van der Waals surface area contributed by atoms with Gasteiger partial charge in [-0.05, 0) is 50.2 Å². The van der Waals surface area contributed by atoms with Crippen LogP contribution in [-0.4, -0.2) is 47.0 Å². The number of aromatic nitrogens is 1. The smallest absolute Gasteiger partial charge is 0.302 e. The Morgan fingerprint density at radius 1 is 1.50 bits per heavy atom. The van der Waals surface area contributed by atoms with Crippen LogP contribution in [0.5, 0.6) is 0 Å². The monoisotopic (exact) mass is 377 g/mol. The highest BCUT2D eigenvalue weighted by Crippen LogP contribution is 2.32. The molecule has 3 unspecified atom stereocenters. The van der Waals surface area contributed by atoms with Crippen LogP contribution < -0.4 is 0 Å². The Kier molecular flexibility index (Phi) is 7.66. The van der Waals surface area contributed by atoms with Crippen LogP contribution in [0.15, 0.2) is 10.2 Å². The van der Waals surface area contributed by atoms with E-state index in [0.29, 0.717) is 29.1 Å². The van der Waals surface area contributed by atoms with Gasteiger partial charge in [0.15, 0.2) is 5.00 Å². The van der Waals surface area contributed by atoms with Crippen molar-refractivity contribution < 1.29 is 9.53 Å². The molecule has 2 rings (SSSR count). The predicted octanol–water partition coefficient (Wildman–Crippen LogP) is 3.85. The summed E-state index contributed by atoms with van der Waals surface area (Å²) in [4.78, 5) is 13.3. The number of hydrogen-bond donors (Lipinski definition) is 0. The third-order valence-electron chi connectivity index (χ3n) is 4.96. The maximum Gasteiger partial charge on any atom is 0.302 e. The third-order valence-corrected chi connectivity index (χ3v) is 5.78. The summed E-state index contributed by atoms with van der Waals surface area (Å²) in [7, 11) is 0. The zero-order valence-corrected chi connectivity index (χ0v) is 16.8. The van der Waals surface area contributed by atoms with Gasteiger partial charge in [0.2, 0.25) is 0 Å². The highest BCUT2D eigenvalue weighted by atomic mass is 32.1. The van der Waals surface area contributed by atoms with Gasteiger partial charge in [-0.2, -0.15) is 14.7 Å². The van der Waals surface area contributed by atoms with Crippen LogP contribution in [0.25, 0.3) is 0 Å². The van der Waals surface area contributed by atoms with E-state index in [0.717, 1.165) is 38.0 Å². The molecule has 0 spiro atoms. The lowest BCUT2D eigenvalue weighted by Gasteiger charge is -2.38. The molecule has 0 N–H and O–H groups in total. The van der Waals surface area contributed by atoms with Crippen molar-refractivity contribution in [2.45, 2.75) is 59.0 Å². The normalized spacial score (nSPS) is 23.3. The molecule has 26 heavy (non-hydrogen) atoms. The molecule has 7 nitrogen and oxygen atoms in total. The lowest BCUT2D eigenvalue weighted by atomic mass is 9.82. The first-order chi connectivity index (χ1) is 12.5. The van der Waals surface area contributed by atoms with E-state index in [1.165, 1.54) is 18.5 Å². The van der Waals surface area contributed by atoms with E-state index in [4.69, 9.17) is 4.74 Å². The Morgan fingerprint density at radius 2 is 2.27 bits per heavy atom. The summed E-state index contributed by atoms with van der Waals surface area (Å²) in [5.74, 6) is 0.188. The number of esters is 1. The molecule has 1 aliphatic carbocycles. The molecule has 8 heteroatoms. The zero-order chi connectivity index (χ0) is 19.1. The van der Waals surface area contributed by atoms with Gasteiger partial charge in [-0.3, -0.25) is 9.69 Å². The molecule has 1 heterocycles. The van der Waals surface area contributed by atoms with E-state index < -0.39 is 0 Å². The highest BCUT2D eigenvalue weighted by molar-refractivity contribution is 7.10. The molecule has 0 aliphatic heterocycles. The SMILES string of the molecule is CCN(CCOC(C)=O)C1CCC(N=Nc2snc(C)c2C#N)C(C)C1. The molecular formula is C18H27N5O2S. The van der Waals surface area contributed by atoms with Gasteiger partial charge >= 0.3 is 5.97 Å². The fraction of sp³-hybridized carbons (Fsp3) is 0.722.